The van der Waals surface area contributed by atoms with Crippen molar-refractivity contribution in [2.75, 3.05) is 54.1 Å². The van der Waals surface area contributed by atoms with Crippen LogP contribution in [-0.2, 0) is 27.9 Å². The molecule has 0 aliphatic carbocycles. The zero-order valence-electron chi connectivity index (χ0n) is 48.1. The Bertz CT molecular complexity index is 1490. The number of likely N-dealkylation sites (N-methyl/N-ethyl adjacent to an activating group) is 1. The van der Waals surface area contributed by atoms with E-state index in [0.29, 0.717) is 17.6 Å². The van der Waals surface area contributed by atoms with E-state index in [4.69, 9.17) is 18.5 Å². The average molecular weight is 1040 g/mol. The van der Waals surface area contributed by atoms with Crippen LogP contribution in [0.4, 0.5) is 0 Å². The zero-order chi connectivity index (χ0) is 53.3. The molecule has 0 spiro atoms. The van der Waals surface area contributed by atoms with Crippen LogP contribution in [0.1, 0.15) is 245 Å². The quantitative estimate of drug-likeness (QED) is 0.0213. The number of esters is 1. The van der Waals surface area contributed by atoms with Crippen molar-refractivity contribution in [1.29, 1.82) is 0 Å². The van der Waals surface area contributed by atoms with Gasteiger partial charge in [-0.25, -0.2) is 4.57 Å². The van der Waals surface area contributed by atoms with E-state index < -0.39 is 13.9 Å². The number of hydrogen-bond donors (Lipinski definition) is 1. The topological polar surface area (TPSA) is 91.3 Å². The third-order valence-corrected chi connectivity index (χ3v) is 13.6. The fourth-order valence-electron chi connectivity index (χ4n) is 8.06. The molecule has 2 atom stereocenters. The minimum absolute atomic E-state index is 0.0774. The molecule has 2 unspecified atom stereocenters. The van der Waals surface area contributed by atoms with E-state index in [1.807, 2.05) is 21.1 Å². The van der Waals surface area contributed by atoms with Crippen molar-refractivity contribution < 1.29 is 37.3 Å². The average Bonchev–Trinajstić information content (AvgIpc) is 3.35. The van der Waals surface area contributed by atoms with Gasteiger partial charge in [0.2, 0.25) is 0 Å². The third-order valence-electron chi connectivity index (χ3n) is 12.6. The molecule has 0 saturated carbocycles. The largest absolute Gasteiger partial charge is 0.472 e. The van der Waals surface area contributed by atoms with Gasteiger partial charge in [0.05, 0.1) is 34.4 Å². The van der Waals surface area contributed by atoms with E-state index in [2.05, 4.69) is 111 Å². The fraction of sp³-hybridized carbons (Fsp3) is 0.734. The molecule has 9 heteroatoms. The third kappa shape index (κ3) is 60.2. The van der Waals surface area contributed by atoms with Crippen LogP contribution in [0.5, 0.6) is 0 Å². The lowest BCUT2D eigenvalue weighted by atomic mass is 10.0. The van der Waals surface area contributed by atoms with Crippen molar-refractivity contribution in [1.82, 2.24) is 0 Å². The van der Waals surface area contributed by atoms with Crippen LogP contribution >= 0.6 is 7.82 Å². The Balaban J connectivity index is 4.14. The minimum Gasteiger partial charge on any atom is -0.457 e. The van der Waals surface area contributed by atoms with E-state index >= 15 is 0 Å². The van der Waals surface area contributed by atoms with Gasteiger partial charge >= 0.3 is 13.8 Å². The Kier molecular flexibility index (Phi) is 53.7. The lowest BCUT2D eigenvalue weighted by Gasteiger charge is -2.24. The number of carbonyl (C=O) groups excluding carboxylic acids is 1. The second-order valence-electron chi connectivity index (χ2n) is 21.0. The van der Waals surface area contributed by atoms with Crippen molar-refractivity contribution in [3.63, 3.8) is 0 Å². The molecule has 0 fully saturated rings. The normalized spacial score (nSPS) is 14.1. The summed E-state index contributed by atoms with van der Waals surface area (Å²) in [6.45, 7) is 5.47. The van der Waals surface area contributed by atoms with Gasteiger partial charge in [-0.2, -0.15) is 0 Å². The van der Waals surface area contributed by atoms with Gasteiger partial charge in [0, 0.05) is 13.0 Å². The van der Waals surface area contributed by atoms with Gasteiger partial charge in [0.15, 0.2) is 0 Å². The summed E-state index contributed by atoms with van der Waals surface area (Å²) in [5, 5.41) is 0. The summed E-state index contributed by atoms with van der Waals surface area (Å²) >= 11 is 0. The number of allylic oxidation sites excluding steroid dienone is 16. The molecule has 0 saturated heterocycles. The Labute approximate surface area is 451 Å². The number of hydrogen-bond acceptors (Lipinski definition) is 6. The van der Waals surface area contributed by atoms with Gasteiger partial charge in [-0.15, -0.1) is 0 Å². The van der Waals surface area contributed by atoms with E-state index in [1.165, 1.54) is 141 Å². The van der Waals surface area contributed by atoms with Gasteiger partial charge in [-0.05, 0) is 96.3 Å². The molecular weight excluding hydrogens is 926 g/mol. The standard InChI is InChI=1S/C64H114NO7P/c1-6-8-10-12-14-16-18-20-22-24-26-28-30-32-34-36-38-40-42-44-46-48-50-52-54-56-59-69-61-63(62-71-73(67,68)70-60-58-65(3,4)5)72-64(66)57-55-53-51-49-47-45-43-41-39-37-35-33-31-29-27-25-23-21-19-17-15-13-11-9-7-2/h9,11,15,17,21,23-24,26-27,29,33,35,39,41,45,47,63H,6-8,10,12-14,16,18-20,22,25,28,30-32,34,36-38,40,42-44,46,48-62H2,1-5H3/p+1/b11-9-,17-15-,23-21-,26-24-,29-27-,35-33-,41-39-,47-45-. The van der Waals surface area contributed by atoms with Crippen LogP contribution in [0.3, 0.4) is 0 Å². The number of rotatable bonds is 55. The summed E-state index contributed by atoms with van der Waals surface area (Å²) in [4.78, 5) is 23.1. The molecular formula is C64H115NO7P+. The van der Waals surface area contributed by atoms with E-state index in [0.717, 1.165) is 83.5 Å². The monoisotopic (exact) mass is 1040 g/mol. The Morgan fingerprint density at radius 2 is 0.795 bits per heavy atom. The van der Waals surface area contributed by atoms with Crippen LogP contribution in [0.25, 0.3) is 0 Å². The lowest BCUT2D eigenvalue weighted by Crippen LogP contribution is -2.37. The summed E-state index contributed by atoms with van der Waals surface area (Å²) in [7, 11) is 1.64. The molecule has 0 rings (SSSR count). The molecule has 1 N–H and O–H groups in total. The molecule has 73 heavy (non-hydrogen) atoms. The lowest BCUT2D eigenvalue weighted by molar-refractivity contribution is -0.870. The first-order valence-corrected chi connectivity index (χ1v) is 31.5. The molecule has 0 aromatic carbocycles. The van der Waals surface area contributed by atoms with Gasteiger partial charge in [0.1, 0.15) is 19.3 Å². The minimum atomic E-state index is -4.30. The predicted molar refractivity (Wildman–Crippen MR) is 316 cm³/mol. The number of carbonyl (C=O) groups is 1. The highest BCUT2D eigenvalue weighted by molar-refractivity contribution is 7.47. The highest BCUT2D eigenvalue weighted by Crippen LogP contribution is 2.43. The Hall–Kier alpha value is -2.58. The molecule has 422 valence electrons. The first-order chi connectivity index (χ1) is 35.6. The maximum Gasteiger partial charge on any atom is 0.472 e. The molecule has 8 nitrogen and oxygen atoms in total. The first kappa shape index (κ1) is 70.4. The molecule has 0 aromatic rings. The molecule has 0 aromatic heterocycles. The smallest absolute Gasteiger partial charge is 0.457 e. The van der Waals surface area contributed by atoms with Crippen LogP contribution in [0.2, 0.25) is 0 Å². The zero-order valence-corrected chi connectivity index (χ0v) is 49.0. The van der Waals surface area contributed by atoms with Crippen molar-refractivity contribution in [2.45, 2.75) is 251 Å². The van der Waals surface area contributed by atoms with E-state index in [9.17, 15) is 14.3 Å². The molecule has 0 radical (unpaired) electrons. The maximum absolute atomic E-state index is 12.8. The van der Waals surface area contributed by atoms with Crippen molar-refractivity contribution in [2.24, 2.45) is 0 Å². The second kappa shape index (κ2) is 55.6. The molecule has 0 heterocycles. The number of quaternary nitrogens is 1. The van der Waals surface area contributed by atoms with Crippen molar-refractivity contribution >= 4 is 13.8 Å². The summed E-state index contributed by atoms with van der Waals surface area (Å²) in [6, 6.07) is 0. The summed E-state index contributed by atoms with van der Waals surface area (Å²) in [5.41, 5.74) is 0. The summed E-state index contributed by atoms with van der Waals surface area (Å²) < 4.78 is 35.3. The van der Waals surface area contributed by atoms with Crippen LogP contribution in [0.15, 0.2) is 97.2 Å². The number of unbranched alkanes of at least 4 members (excludes halogenated alkanes) is 25. The highest BCUT2D eigenvalue weighted by Gasteiger charge is 2.26. The van der Waals surface area contributed by atoms with Gasteiger partial charge in [0.25, 0.3) is 0 Å². The van der Waals surface area contributed by atoms with Crippen molar-refractivity contribution in [3.05, 3.63) is 97.2 Å². The summed E-state index contributed by atoms with van der Waals surface area (Å²) in [5.74, 6) is -0.345. The molecule has 0 bridgehead atoms. The predicted octanol–water partition coefficient (Wildman–Crippen LogP) is 19.3. The molecule has 0 amide bonds. The van der Waals surface area contributed by atoms with Crippen LogP contribution < -0.4 is 0 Å². The maximum atomic E-state index is 12.8. The fourth-order valence-corrected chi connectivity index (χ4v) is 8.80. The van der Waals surface area contributed by atoms with Crippen LogP contribution in [0, 0.1) is 0 Å². The van der Waals surface area contributed by atoms with Gasteiger partial charge < -0.3 is 18.9 Å². The van der Waals surface area contributed by atoms with Crippen molar-refractivity contribution in [3.8, 4) is 0 Å². The second-order valence-corrected chi connectivity index (χ2v) is 22.4. The van der Waals surface area contributed by atoms with E-state index in [-0.39, 0.29) is 32.2 Å². The Morgan fingerprint density at radius 1 is 0.438 bits per heavy atom. The SMILES string of the molecule is CC/C=C\C/C=C\C/C=C\C/C=C\C/C=C\C/C=C\C/C=C\CCCCCC(=O)OC(COCCCCCCCCCCCCCCCC/C=C\CCCCCCCCCC)COP(=O)(O)OCC[N+](C)(C)C. The first-order valence-electron chi connectivity index (χ1n) is 30.0. The number of phosphoric ester groups is 1. The van der Waals surface area contributed by atoms with Gasteiger partial charge in [-0.3, -0.25) is 13.8 Å². The number of nitrogens with zero attached hydrogens (tertiary/aromatic N) is 1. The van der Waals surface area contributed by atoms with Gasteiger partial charge in [-0.1, -0.05) is 239 Å². The number of phosphoric acid groups is 1. The van der Waals surface area contributed by atoms with Crippen LogP contribution in [-0.4, -0.2) is 75.6 Å². The van der Waals surface area contributed by atoms with E-state index in [1.54, 1.807) is 0 Å². The number of ether oxygens (including phenoxy) is 2. The summed E-state index contributed by atoms with van der Waals surface area (Å²) in [6.07, 6.45) is 77.7. The molecule has 0 aliphatic rings. The Morgan fingerprint density at radius 3 is 1.21 bits per heavy atom. The highest BCUT2D eigenvalue weighted by atomic mass is 31.2. The molecule has 0 aliphatic heterocycles.